The molecule has 0 N–H and O–H groups in total. The van der Waals surface area contributed by atoms with Crippen molar-refractivity contribution in [2.24, 2.45) is 0 Å². The van der Waals surface area contributed by atoms with E-state index in [-0.39, 0.29) is 11.9 Å². The zero-order valence-electron chi connectivity index (χ0n) is 12.0. The summed E-state index contributed by atoms with van der Waals surface area (Å²) in [5.74, 6) is 0.847. The van der Waals surface area contributed by atoms with E-state index < -0.39 is 0 Å². The van der Waals surface area contributed by atoms with Gasteiger partial charge in [-0.2, -0.15) is 0 Å². The molecule has 1 atom stereocenters. The number of fused-ring (bicyclic) bond motifs is 1. The van der Waals surface area contributed by atoms with E-state index >= 15 is 0 Å². The fraction of sp³-hybridized carbons (Fsp3) is 0.235. The third kappa shape index (κ3) is 2.42. The molecule has 0 aliphatic heterocycles. The molecule has 0 radical (unpaired) electrons. The first-order chi connectivity index (χ1) is 10.1. The van der Waals surface area contributed by atoms with Crippen LogP contribution in [0.25, 0.3) is 11.0 Å². The van der Waals surface area contributed by atoms with E-state index in [4.69, 9.17) is 11.6 Å². The highest BCUT2D eigenvalue weighted by Crippen LogP contribution is 2.28. The number of halogens is 2. The average Bonchev–Trinajstić information content (AvgIpc) is 2.84. The van der Waals surface area contributed by atoms with E-state index in [2.05, 4.69) is 11.1 Å². The van der Waals surface area contributed by atoms with Crippen LogP contribution in [0.2, 0.25) is 0 Å². The van der Waals surface area contributed by atoms with E-state index in [1.165, 1.54) is 6.07 Å². The number of aryl methyl sites for hydroxylation is 1. The van der Waals surface area contributed by atoms with Crippen molar-refractivity contribution < 1.29 is 4.39 Å². The second kappa shape index (κ2) is 5.49. The molecule has 3 rings (SSSR count). The average molecular weight is 303 g/mol. The van der Waals surface area contributed by atoms with Crippen LogP contribution < -0.4 is 0 Å². The maximum absolute atomic E-state index is 14.1. The van der Waals surface area contributed by atoms with Gasteiger partial charge in [0.2, 0.25) is 0 Å². The number of aromatic nitrogens is 2. The number of hydrogen-bond acceptors (Lipinski definition) is 1. The second-order valence-electron chi connectivity index (χ2n) is 5.22. The highest BCUT2D eigenvalue weighted by Gasteiger charge is 2.19. The maximum atomic E-state index is 14.1. The monoisotopic (exact) mass is 302 g/mol. The zero-order chi connectivity index (χ0) is 15.0. The predicted molar refractivity (Wildman–Crippen MR) is 84.2 cm³/mol. The van der Waals surface area contributed by atoms with Gasteiger partial charge in [-0.1, -0.05) is 24.3 Å². The molecule has 0 aliphatic rings. The molecule has 0 spiro atoms. The maximum Gasteiger partial charge on any atom is 0.128 e. The molecule has 2 nitrogen and oxygen atoms in total. The molecule has 0 saturated carbocycles. The summed E-state index contributed by atoms with van der Waals surface area (Å²) in [6, 6.07) is 12.7. The van der Waals surface area contributed by atoms with E-state index in [0.717, 1.165) is 22.4 Å². The summed E-state index contributed by atoms with van der Waals surface area (Å²) in [4.78, 5) is 4.56. The topological polar surface area (TPSA) is 17.8 Å². The summed E-state index contributed by atoms with van der Waals surface area (Å²) in [6.07, 6.45) is 0. The predicted octanol–water partition coefficient (Wildman–Crippen LogP) is 4.83. The van der Waals surface area contributed by atoms with Crippen LogP contribution in [0.4, 0.5) is 4.39 Å². The van der Waals surface area contributed by atoms with Gasteiger partial charge in [0, 0.05) is 5.56 Å². The number of rotatable bonds is 3. The molecular weight excluding hydrogens is 287 g/mol. The van der Waals surface area contributed by atoms with Crippen LogP contribution in [0.1, 0.15) is 29.9 Å². The molecule has 0 bridgehead atoms. The van der Waals surface area contributed by atoms with Crippen molar-refractivity contribution >= 4 is 22.6 Å². The molecule has 3 aromatic rings. The molecule has 0 aliphatic carbocycles. The molecule has 4 heteroatoms. The van der Waals surface area contributed by atoms with Gasteiger partial charge in [0.05, 0.1) is 23.0 Å². The standard InChI is InChI=1S/C17H16ClFN2/c1-11-7-8-15-16(9-11)21(17(10-18)20-15)12(2)13-5-3-4-6-14(13)19/h3-9,12H,10H2,1-2H3. The van der Waals surface area contributed by atoms with Gasteiger partial charge >= 0.3 is 0 Å². The molecule has 108 valence electrons. The number of benzene rings is 2. The van der Waals surface area contributed by atoms with Gasteiger partial charge in [-0.15, -0.1) is 11.6 Å². The summed E-state index contributed by atoms with van der Waals surface area (Å²) in [5, 5.41) is 0. The smallest absolute Gasteiger partial charge is 0.128 e. The first-order valence-corrected chi connectivity index (χ1v) is 7.43. The molecule has 0 fully saturated rings. The van der Waals surface area contributed by atoms with E-state index in [1.807, 2.05) is 36.6 Å². The van der Waals surface area contributed by atoms with Crippen molar-refractivity contribution in [3.05, 3.63) is 65.2 Å². The van der Waals surface area contributed by atoms with Gasteiger partial charge < -0.3 is 4.57 Å². The van der Waals surface area contributed by atoms with Crippen molar-refractivity contribution in [3.63, 3.8) is 0 Å². The van der Waals surface area contributed by atoms with E-state index in [1.54, 1.807) is 12.1 Å². The Bertz CT molecular complexity index is 795. The third-order valence-corrected chi connectivity index (χ3v) is 4.02. The van der Waals surface area contributed by atoms with Gasteiger partial charge in [0.1, 0.15) is 11.6 Å². The second-order valence-corrected chi connectivity index (χ2v) is 5.49. The summed E-state index contributed by atoms with van der Waals surface area (Å²) < 4.78 is 16.1. The quantitative estimate of drug-likeness (QED) is 0.634. The lowest BCUT2D eigenvalue weighted by Gasteiger charge is -2.18. The fourth-order valence-electron chi connectivity index (χ4n) is 2.73. The Kier molecular flexibility index (Phi) is 3.68. The van der Waals surface area contributed by atoms with Crippen LogP contribution in [0.5, 0.6) is 0 Å². The number of alkyl halides is 1. The first kappa shape index (κ1) is 14.1. The number of hydrogen-bond donors (Lipinski definition) is 0. The molecule has 21 heavy (non-hydrogen) atoms. The Morgan fingerprint density at radius 1 is 1.24 bits per heavy atom. The molecule has 1 unspecified atom stereocenters. The minimum Gasteiger partial charge on any atom is -0.320 e. The molecule has 0 saturated heterocycles. The lowest BCUT2D eigenvalue weighted by molar-refractivity contribution is 0.556. The van der Waals surface area contributed by atoms with Gasteiger partial charge in [-0.25, -0.2) is 9.37 Å². The zero-order valence-corrected chi connectivity index (χ0v) is 12.7. The Hall–Kier alpha value is -1.87. The minimum absolute atomic E-state index is 0.160. The van der Waals surface area contributed by atoms with Crippen LogP contribution >= 0.6 is 11.6 Å². The molecule has 1 heterocycles. The highest BCUT2D eigenvalue weighted by molar-refractivity contribution is 6.16. The molecular formula is C17H16ClFN2. The minimum atomic E-state index is -0.208. The summed E-state index contributed by atoms with van der Waals surface area (Å²) in [7, 11) is 0. The van der Waals surface area contributed by atoms with Gasteiger partial charge in [-0.3, -0.25) is 0 Å². The lowest BCUT2D eigenvalue weighted by Crippen LogP contribution is -2.11. The SMILES string of the molecule is Cc1ccc2nc(CCl)n(C(C)c3ccccc3F)c2c1. The van der Waals surface area contributed by atoms with Crippen LogP contribution in [-0.4, -0.2) is 9.55 Å². The van der Waals surface area contributed by atoms with Crippen LogP contribution in [0.15, 0.2) is 42.5 Å². The van der Waals surface area contributed by atoms with Crippen LogP contribution in [0.3, 0.4) is 0 Å². The Labute approximate surface area is 128 Å². The van der Waals surface area contributed by atoms with Crippen molar-refractivity contribution in [3.8, 4) is 0 Å². The third-order valence-electron chi connectivity index (χ3n) is 3.78. The largest absolute Gasteiger partial charge is 0.320 e. The molecule has 2 aromatic carbocycles. The Morgan fingerprint density at radius 2 is 2.00 bits per heavy atom. The Morgan fingerprint density at radius 3 is 2.71 bits per heavy atom. The van der Waals surface area contributed by atoms with Crippen molar-refractivity contribution in [1.29, 1.82) is 0 Å². The number of nitrogens with zero attached hydrogens (tertiary/aromatic N) is 2. The van der Waals surface area contributed by atoms with Crippen molar-refractivity contribution in [1.82, 2.24) is 9.55 Å². The van der Waals surface area contributed by atoms with Gasteiger partial charge in [-0.05, 0) is 37.6 Å². The lowest BCUT2D eigenvalue weighted by atomic mass is 10.1. The van der Waals surface area contributed by atoms with E-state index in [9.17, 15) is 4.39 Å². The van der Waals surface area contributed by atoms with E-state index in [0.29, 0.717) is 11.4 Å². The highest BCUT2D eigenvalue weighted by atomic mass is 35.5. The van der Waals surface area contributed by atoms with Gasteiger partial charge in [0.25, 0.3) is 0 Å². The van der Waals surface area contributed by atoms with Crippen LogP contribution in [0, 0.1) is 12.7 Å². The normalized spacial score (nSPS) is 12.8. The van der Waals surface area contributed by atoms with Crippen molar-refractivity contribution in [2.75, 3.05) is 0 Å². The van der Waals surface area contributed by atoms with Crippen LogP contribution in [-0.2, 0) is 5.88 Å². The summed E-state index contributed by atoms with van der Waals surface area (Å²) >= 11 is 6.04. The first-order valence-electron chi connectivity index (χ1n) is 6.89. The van der Waals surface area contributed by atoms with Gasteiger partial charge in [0.15, 0.2) is 0 Å². The summed E-state index contributed by atoms with van der Waals surface area (Å²) in [5.41, 5.74) is 3.66. The summed E-state index contributed by atoms with van der Waals surface area (Å²) in [6.45, 7) is 4.00. The fourth-order valence-corrected chi connectivity index (χ4v) is 2.92. The molecule has 0 amide bonds. The Balaban J connectivity index is 2.23. The van der Waals surface area contributed by atoms with Crippen molar-refractivity contribution in [2.45, 2.75) is 25.8 Å². The number of imidazole rings is 1. The molecule has 1 aromatic heterocycles.